The summed E-state index contributed by atoms with van der Waals surface area (Å²) in [6, 6.07) is 0. The molecular formula is C8H16BrNO2. The number of halogens is 1. The topological polar surface area (TPSA) is 38.3 Å². The summed E-state index contributed by atoms with van der Waals surface area (Å²) in [5.74, 6) is 0.373. The van der Waals surface area contributed by atoms with Crippen LogP contribution in [-0.4, -0.2) is 24.6 Å². The van der Waals surface area contributed by atoms with Crippen LogP contribution in [0.25, 0.3) is 0 Å². The SMILES string of the molecule is CCCNC(=O)OCC(C)CBr. The van der Waals surface area contributed by atoms with Crippen LogP contribution in [0.5, 0.6) is 0 Å². The Labute approximate surface area is 82.0 Å². The fraction of sp³-hybridized carbons (Fsp3) is 0.875. The highest BCUT2D eigenvalue weighted by Crippen LogP contribution is 1.99. The van der Waals surface area contributed by atoms with Crippen LogP contribution in [0.2, 0.25) is 0 Å². The van der Waals surface area contributed by atoms with Gasteiger partial charge in [0.25, 0.3) is 0 Å². The van der Waals surface area contributed by atoms with Gasteiger partial charge in [-0.3, -0.25) is 0 Å². The van der Waals surface area contributed by atoms with Crippen molar-refractivity contribution in [1.29, 1.82) is 0 Å². The molecule has 0 heterocycles. The molecule has 1 amide bonds. The molecule has 0 bridgehead atoms. The maximum absolute atomic E-state index is 10.9. The molecule has 0 aromatic rings. The number of hydrogen-bond donors (Lipinski definition) is 1. The molecule has 0 aliphatic rings. The number of ether oxygens (including phenoxy) is 1. The average molecular weight is 238 g/mol. The number of rotatable bonds is 5. The van der Waals surface area contributed by atoms with Crippen molar-refractivity contribution in [2.75, 3.05) is 18.5 Å². The third-order valence-electron chi connectivity index (χ3n) is 1.28. The molecule has 0 aliphatic carbocycles. The molecule has 1 atom stereocenters. The Morgan fingerprint density at radius 3 is 2.83 bits per heavy atom. The third kappa shape index (κ3) is 6.46. The minimum absolute atomic E-state index is 0.315. The third-order valence-corrected chi connectivity index (χ3v) is 2.39. The predicted molar refractivity (Wildman–Crippen MR) is 52.6 cm³/mol. The zero-order valence-electron chi connectivity index (χ0n) is 7.60. The van der Waals surface area contributed by atoms with E-state index in [1.54, 1.807) is 0 Å². The molecule has 3 nitrogen and oxygen atoms in total. The molecule has 0 rings (SSSR count). The van der Waals surface area contributed by atoms with Crippen molar-refractivity contribution in [3.63, 3.8) is 0 Å². The minimum Gasteiger partial charge on any atom is -0.449 e. The summed E-state index contributed by atoms with van der Waals surface area (Å²) in [6.07, 6.45) is 0.618. The van der Waals surface area contributed by atoms with E-state index in [0.29, 0.717) is 19.1 Å². The number of alkyl carbamates (subject to hydrolysis) is 1. The minimum atomic E-state index is -0.315. The number of alkyl halides is 1. The lowest BCUT2D eigenvalue weighted by molar-refractivity contribution is 0.134. The molecule has 1 N–H and O–H groups in total. The highest BCUT2D eigenvalue weighted by Gasteiger charge is 2.04. The first-order valence-corrected chi connectivity index (χ1v) is 5.29. The van der Waals surface area contributed by atoms with Crippen LogP contribution in [0.4, 0.5) is 4.79 Å². The number of nitrogens with one attached hydrogen (secondary N) is 1. The standard InChI is InChI=1S/C8H16BrNO2/c1-3-4-10-8(11)12-6-7(2)5-9/h7H,3-6H2,1-2H3,(H,10,11). The smallest absolute Gasteiger partial charge is 0.407 e. The van der Waals surface area contributed by atoms with Gasteiger partial charge in [0.1, 0.15) is 0 Å². The Hall–Kier alpha value is -0.250. The summed E-state index contributed by atoms with van der Waals surface area (Å²) >= 11 is 3.31. The maximum Gasteiger partial charge on any atom is 0.407 e. The van der Waals surface area contributed by atoms with Crippen LogP contribution in [0, 0.1) is 5.92 Å². The van der Waals surface area contributed by atoms with Gasteiger partial charge in [-0.2, -0.15) is 0 Å². The van der Waals surface area contributed by atoms with Crippen LogP contribution in [-0.2, 0) is 4.74 Å². The molecule has 1 unspecified atom stereocenters. The Kier molecular flexibility index (Phi) is 7.25. The van der Waals surface area contributed by atoms with Gasteiger partial charge < -0.3 is 10.1 Å². The van der Waals surface area contributed by atoms with Gasteiger partial charge in [-0.05, 0) is 6.42 Å². The molecule has 0 aromatic carbocycles. The summed E-state index contributed by atoms with van der Waals surface area (Å²) in [6.45, 7) is 5.17. The van der Waals surface area contributed by atoms with Gasteiger partial charge in [0, 0.05) is 17.8 Å². The molecule has 4 heteroatoms. The summed E-state index contributed by atoms with van der Waals surface area (Å²) < 4.78 is 4.92. The number of carbonyl (C=O) groups is 1. The van der Waals surface area contributed by atoms with Gasteiger partial charge in [0.05, 0.1) is 6.61 Å². The predicted octanol–water partition coefficient (Wildman–Crippen LogP) is 2.15. The van der Waals surface area contributed by atoms with Crippen molar-refractivity contribution in [2.45, 2.75) is 20.3 Å². The van der Waals surface area contributed by atoms with E-state index in [1.165, 1.54) is 0 Å². The second-order valence-electron chi connectivity index (χ2n) is 2.78. The molecule has 0 fully saturated rings. The lowest BCUT2D eigenvalue weighted by atomic mass is 10.2. The van der Waals surface area contributed by atoms with Crippen LogP contribution >= 0.6 is 15.9 Å². The summed E-state index contributed by atoms with van der Waals surface area (Å²) in [5.41, 5.74) is 0. The number of carbonyl (C=O) groups excluding carboxylic acids is 1. The highest BCUT2D eigenvalue weighted by molar-refractivity contribution is 9.09. The van der Waals surface area contributed by atoms with Crippen molar-refractivity contribution in [3.8, 4) is 0 Å². The highest BCUT2D eigenvalue weighted by atomic mass is 79.9. The second kappa shape index (κ2) is 7.40. The monoisotopic (exact) mass is 237 g/mol. The fourth-order valence-corrected chi connectivity index (χ4v) is 0.727. The number of hydrogen-bond acceptors (Lipinski definition) is 2. The first-order chi connectivity index (χ1) is 5.70. The lowest BCUT2D eigenvalue weighted by Crippen LogP contribution is -2.26. The molecule has 0 saturated heterocycles. The van der Waals surface area contributed by atoms with E-state index in [2.05, 4.69) is 21.2 Å². The Morgan fingerprint density at radius 1 is 1.67 bits per heavy atom. The maximum atomic E-state index is 10.9. The van der Waals surface area contributed by atoms with Gasteiger partial charge in [-0.25, -0.2) is 4.79 Å². The Morgan fingerprint density at radius 2 is 2.33 bits per heavy atom. The van der Waals surface area contributed by atoms with E-state index < -0.39 is 0 Å². The van der Waals surface area contributed by atoms with E-state index in [-0.39, 0.29) is 6.09 Å². The summed E-state index contributed by atoms with van der Waals surface area (Å²) in [5, 5.41) is 3.49. The summed E-state index contributed by atoms with van der Waals surface area (Å²) in [7, 11) is 0. The molecule has 12 heavy (non-hydrogen) atoms. The van der Waals surface area contributed by atoms with Gasteiger partial charge in [-0.1, -0.05) is 29.8 Å². The molecule has 0 aliphatic heterocycles. The van der Waals surface area contributed by atoms with Gasteiger partial charge in [0.15, 0.2) is 0 Å². The molecule has 0 radical (unpaired) electrons. The first-order valence-electron chi connectivity index (χ1n) is 4.17. The Balaban J connectivity index is 3.31. The van der Waals surface area contributed by atoms with Crippen molar-refractivity contribution in [2.24, 2.45) is 5.92 Å². The molecule has 72 valence electrons. The fourth-order valence-electron chi connectivity index (χ4n) is 0.541. The zero-order chi connectivity index (χ0) is 9.40. The van der Waals surface area contributed by atoms with Crippen LogP contribution in [0.15, 0.2) is 0 Å². The largest absolute Gasteiger partial charge is 0.449 e. The number of amides is 1. The van der Waals surface area contributed by atoms with Crippen molar-refractivity contribution >= 4 is 22.0 Å². The second-order valence-corrected chi connectivity index (χ2v) is 3.43. The zero-order valence-corrected chi connectivity index (χ0v) is 9.19. The lowest BCUT2D eigenvalue weighted by Gasteiger charge is -2.09. The van der Waals surface area contributed by atoms with E-state index in [9.17, 15) is 4.79 Å². The van der Waals surface area contributed by atoms with E-state index in [0.717, 1.165) is 11.8 Å². The van der Waals surface area contributed by atoms with E-state index in [4.69, 9.17) is 4.74 Å². The molecule has 0 aromatic heterocycles. The van der Waals surface area contributed by atoms with E-state index >= 15 is 0 Å². The van der Waals surface area contributed by atoms with Gasteiger partial charge in [-0.15, -0.1) is 0 Å². The Bertz CT molecular complexity index is 130. The van der Waals surface area contributed by atoms with E-state index in [1.807, 2.05) is 13.8 Å². The van der Waals surface area contributed by atoms with Crippen LogP contribution in [0.3, 0.4) is 0 Å². The van der Waals surface area contributed by atoms with Gasteiger partial charge in [0.2, 0.25) is 0 Å². The average Bonchev–Trinajstić information content (AvgIpc) is 2.10. The van der Waals surface area contributed by atoms with Gasteiger partial charge >= 0.3 is 6.09 Å². The van der Waals surface area contributed by atoms with Crippen molar-refractivity contribution < 1.29 is 9.53 Å². The first kappa shape index (κ1) is 11.8. The molecule has 0 spiro atoms. The van der Waals surface area contributed by atoms with Crippen LogP contribution in [0.1, 0.15) is 20.3 Å². The quantitative estimate of drug-likeness (QED) is 0.745. The molecule has 0 saturated carbocycles. The van der Waals surface area contributed by atoms with Crippen molar-refractivity contribution in [3.05, 3.63) is 0 Å². The van der Waals surface area contributed by atoms with Crippen LogP contribution < -0.4 is 5.32 Å². The summed E-state index contributed by atoms with van der Waals surface area (Å²) in [4.78, 5) is 10.9. The molecular weight excluding hydrogens is 222 g/mol. The normalized spacial score (nSPS) is 12.2. The van der Waals surface area contributed by atoms with Crippen molar-refractivity contribution in [1.82, 2.24) is 5.32 Å².